The van der Waals surface area contributed by atoms with Crippen molar-refractivity contribution in [2.75, 3.05) is 7.11 Å². The molecule has 0 spiro atoms. The van der Waals surface area contributed by atoms with Crippen molar-refractivity contribution in [1.82, 2.24) is 4.57 Å². The number of carbonyl (C=O) groups excluding carboxylic acids is 1. The number of aldehydes is 1. The molecule has 1 aromatic carbocycles. The minimum Gasteiger partial charge on any atom is -0.497 e. The SMILES string of the molecule is COc1ccc2c(Br)c(C=O)n(C)c2c1. The van der Waals surface area contributed by atoms with Crippen LogP contribution >= 0.6 is 15.9 Å². The zero-order chi connectivity index (χ0) is 11.0. The number of nitrogens with zero attached hydrogens (tertiary/aromatic N) is 1. The Labute approximate surface area is 95.8 Å². The van der Waals surface area contributed by atoms with E-state index < -0.39 is 0 Å². The van der Waals surface area contributed by atoms with Crippen LogP contribution in [0.3, 0.4) is 0 Å². The van der Waals surface area contributed by atoms with E-state index in [1.165, 1.54) is 0 Å². The number of hydrogen-bond donors (Lipinski definition) is 0. The van der Waals surface area contributed by atoms with Crippen molar-refractivity contribution in [2.45, 2.75) is 0 Å². The van der Waals surface area contributed by atoms with Crippen LogP contribution in [0.5, 0.6) is 5.75 Å². The maximum absolute atomic E-state index is 10.9. The minimum atomic E-state index is 0.637. The first kappa shape index (κ1) is 10.2. The number of benzene rings is 1. The zero-order valence-electron chi connectivity index (χ0n) is 8.45. The van der Waals surface area contributed by atoms with Gasteiger partial charge < -0.3 is 9.30 Å². The molecule has 0 N–H and O–H groups in total. The van der Waals surface area contributed by atoms with Crippen LogP contribution in [0.4, 0.5) is 0 Å². The molecule has 0 radical (unpaired) electrons. The Kier molecular flexibility index (Phi) is 2.52. The van der Waals surface area contributed by atoms with Gasteiger partial charge in [0.05, 0.1) is 22.8 Å². The van der Waals surface area contributed by atoms with E-state index >= 15 is 0 Å². The van der Waals surface area contributed by atoms with Crippen molar-refractivity contribution in [3.8, 4) is 5.75 Å². The Balaban J connectivity index is 2.83. The fraction of sp³-hybridized carbons (Fsp3) is 0.182. The number of rotatable bonds is 2. The number of carbonyl (C=O) groups is 1. The summed E-state index contributed by atoms with van der Waals surface area (Å²) < 4.78 is 7.82. The van der Waals surface area contributed by atoms with E-state index in [4.69, 9.17) is 4.74 Å². The smallest absolute Gasteiger partial charge is 0.167 e. The molecule has 0 aliphatic carbocycles. The zero-order valence-corrected chi connectivity index (χ0v) is 10.0. The van der Waals surface area contributed by atoms with Gasteiger partial charge in [0, 0.05) is 18.5 Å². The quantitative estimate of drug-likeness (QED) is 0.784. The molecular weight excluding hydrogens is 258 g/mol. The Hall–Kier alpha value is -1.29. The fourth-order valence-corrected chi connectivity index (χ4v) is 2.34. The van der Waals surface area contributed by atoms with E-state index in [0.717, 1.165) is 27.4 Å². The lowest BCUT2D eigenvalue weighted by molar-refractivity contribution is 0.111. The second-order valence-electron chi connectivity index (χ2n) is 3.26. The first-order chi connectivity index (χ1) is 7.19. The average molecular weight is 268 g/mol. The standard InChI is InChI=1S/C11H10BrNO2/c1-13-9-5-7(15-2)3-4-8(9)11(12)10(13)6-14/h3-6H,1-2H3. The van der Waals surface area contributed by atoms with Crippen LogP contribution in [0.2, 0.25) is 0 Å². The maximum Gasteiger partial charge on any atom is 0.167 e. The van der Waals surface area contributed by atoms with Crippen molar-refractivity contribution >= 4 is 33.1 Å². The van der Waals surface area contributed by atoms with E-state index in [-0.39, 0.29) is 0 Å². The second kappa shape index (κ2) is 3.70. The molecule has 0 atom stereocenters. The average Bonchev–Trinajstić information content (AvgIpc) is 2.51. The van der Waals surface area contributed by atoms with Gasteiger partial charge in [-0.1, -0.05) is 0 Å². The van der Waals surface area contributed by atoms with Gasteiger partial charge in [0.1, 0.15) is 5.75 Å². The summed E-state index contributed by atoms with van der Waals surface area (Å²) in [6, 6.07) is 5.72. The third kappa shape index (κ3) is 1.45. The summed E-state index contributed by atoms with van der Waals surface area (Å²) in [6.45, 7) is 0. The Morgan fingerprint density at radius 2 is 2.20 bits per heavy atom. The van der Waals surface area contributed by atoms with E-state index in [0.29, 0.717) is 5.69 Å². The number of fused-ring (bicyclic) bond motifs is 1. The highest BCUT2D eigenvalue weighted by molar-refractivity contribution is 9.10. The molecule has 2 aromatic rings. The van der Waals surface area contributed by atoms with E-state index in [1.54, 1.807) is 7.11 Å². The summed E-state index contributed by atoms with van der Waals surface area (Å²) in [7, 11) is 3.48. The Morgan fingerprint density at radius 1 is 1.47 bits per heavy atom. The number of ether oxygens (including phenoxy) is 1. The molecule has 1 heterocycles. The highest BCUT2D eigenvalue weighted by Crippen LogP contribution is 2.31. The minimum absolute atomic E-state index is 0.637. The van der Waals surface area contributed by atoms with Gasteiger partial charge in [-0.05, 0) is 28.1 Å². The van der Waals surface area contributed by atoms with Crippen LogP contribution < -0.4 is 4.74 Å². The van der Waals surface area contributed by atoms with Crippen LogP contribution in [0.25, 0.3) is 10.9 Å². The number of aryl methyl sites for hydroxylation is 1. The van der Waals surface area contributed by atoms with Crippen LogP contribution in [-0.2, 0) is 7.05 Å². The van der Waals surface area contributed by atoms with Crippen LogP contribution in [0.1, 0.15) is 10.5 Å². The van der Waals surface area contributed by atoms with Crippen molar-refractivity contribution in [3.05, 3.63) is 28.4 Å². The summed E-state index contributed by atoms with van der Waals surface area (Å²) in [5.74, 6) is 0.785. The summed E-state index contributed by atoms with van der Waals surface area (Å²) in [6.07, 6.45) is 0.844. The monoisotopic (exact) mass is 267 g/mol. The molecule has 1 aromatic heterocycles. The van der Waals surface area contributed by atoms with Gasteiger partial charge in [-0.2, -0.15) is 0 Å². The fourth-order valence-electron chi connectivity index (χ4n) is 1.65. The van der Waals surface area contributed by atoms with Gasteiger partial charge in [-0.15, -0.1) is 0 Å². The van der Waals surface area contributed by atoms with Gasteiger partial charge in [-0.25, -0.2) is 0 Å². The van der Waals surface area contributed by atoms with Gasteiger partial charge in [0.15, 0.2) is 6.29 Å². The lowest BCUT2D eigenvalue weighted by atomic mass is 10.2. The van der Waals surface area contributed by atoms with Crippen LogP contribution in [0, 0.1) is 0 Å². The highest BCUT2D eigenvalue weighted by Gasteiger charge is 2.12. The molecule has 0 saturated heterocycles. The molecule has 78 valence electrons. The predicted octanol–water partition coefficient (Wildman–Crippen LogP) is 2.76. The molecule has 0 aliphatic heterocycles. The van der Waals surface area contributed by atoms with Gasteiger partial charge in [0.2, 0.25) is 0 Å². The number of methoxy groups -OCH3 is 1. The lowest BCUT2D eigenvalue weighted by Gasteiger charge is -2.01. The molecule has 0 fully saturated rings. The highest BCUT2D eigenvalue weighted by atomic mass is 79.9. The first-order valence-electron chi connectivity index (χ1n) is 4.46. The third-order valence-corrected chi connectivity index (χ3v) is 3.33. The summed E-state index contributed by atoms with van der Waals surface area (Å²) in [5, 5.41) is 1.01. The molecule has 0 aliphatic rings. The maximum atomic E-state index is 10.9. The van der Waals surface area contributed by atoms with Gasteiger partial charge >= 0.3 is 0 Å². The Morgan fingerprint density at radius 3 is 2.80 bits per heavy atom. The second-order valence-corrected chi connectivity index (χ2v) is 4.05. The van der Waals surface area contributed by atoms with Crippen molar-refractivity contribution in [1.29, 1.82) is 0 Å². The van der Waals surface area contributed by atoms with Gasteiger partial charge in [0.25, 0.3) is 0 Å². The third-order valence-electron chi connectivity index (χ3n) is 2.50. The molecule has 2 rings (SSSR count). The van der Waals surface area contributed by atoms with Gasteiger partial charge in [-0.3, -0.25) is 4.79 Å². The number of hydrogen-bond acceptors (Lipinski definition) is 2. The normalized spacial score (nSPS) is 10.6. The molecule has 4 heteroatoms. The van der Waals surface area contributed by atoms with E-state index in [1.807, 2.05) is 29.8 Å². The van der Waals surface area contributed by atoms with Crippen molar-refractivity contribution < 1.29 is 9.53 Å². The molecule has 3 nitrogen and oxygen atoms in total. The van der Waals surface area contributed by atoms with Crippen LogP contribution in [0.15, 0.2) is 22.7 Å². The lowest BCUT2D eigenvalue weighted by Crippen LogP contribution is -1.94. The van der Waals surface area contributed by atoms with Crippen LogP contribution in [-0.4, -0.2) is 18.0 Å². The molecule has 0 bridgehead atoms. The molecule has 0 saturated carbocycles. The van der Waals surface area contributed by atoms with Crippen molar-refractivity contribution in [3.63, 3.8) is 0 Å². The molecular formula is C11H10BrNO2. The summed E-state index contributed by atoms with van der Waals surface area (Å²) in [4.78, 5) is 10.9. The van der Waals surface area contributed by atoms with Crippen molar-refractivity contribution in [2.24, 2.45) is 7.05 Å². The summed E-state index contributed by atoms with van der Waals surface area (Å²) in [5.41, 5.74) is 1.61. The summed E-state index contributed by atoms with van der Waals surface area (Å²) >= 11 is 3.42. The number of halogens is 1. The number of aromatic nitrogens is 1. The first-order valence-corrected chi connectivity index (χ1v) is 5.25. The molecule has 0 amide bonds. The predicted molar refractivity (Wildman–Crippen MR) is 62.6 cm³/mol. The Bertz CT molecular complexity index is 531. The largest absolute Gasteiger partial charge is 0.497 e. The molecule has 15 heavy (non-hydrogen) atoms. The molecule has 0 unspecified atom stereocenters. The van der Waals surface area contributed by atoms with E-state index in [9.17, 15) is 4.79 Å². The topological polar surface area (TPSA) is 31.2 Å². The van der Waals surface area contributed by atoms with E-state index in [2.05, 4.69) is 15.9 Å².